The van der Waals surface area contributed by atoms with Gasteiger partial charge in [-0.1, -0.05) is 0 Å². The van der Waals surface area contributed by atoms with Gasteiger partial charge in [0.05, 0.1) is 31.3 Å². The van der Waals surface area contributed by atoms with Crippen LogP contribution in [0, 0.1) is 11.8 Å². The van der Waals surface area contributed by atoms with E-state index in [1.165, 1.54) is 6.92 Å². The van der Waals surface area contributed by atoms with Crippen molar-refractivity contribution in [3.8, 4) is 0 Å². The molecular weight excluding hydrogens is 562 g/mol. The monoisotopic (exact) mass is 615 g/mol. The van der Waals surface area contributed by atoms with Crippen LogP contribution in [0.1, 0.15) is 39.0 Å². The first-order valence-corrected chi connectivity index (χ1v) is 15.4. The third kappa shape index (κ3) is 7.85. The molecule has 2 heterocycles. The summed E-state index contributed by atoms with van der Waals surface area (Å²) in [6, 6.07) is -2.24. The van der Waals surface area contributed by atoms with Gasteiger partial charge >= 0.3 is 0 Å². The van der Waals surface area contributed by atoms with Crippen molar-refractivity contribution in [3.05, 3.63) is 11.8 Å². The van der Waals surface area contributed by atoms with Gasteiger partial charge in [0, 0.05) is 24.0 Å². The van der Waals surface area contributed by atoms with Gasteiger partial charge in [0.1, 0.15) is 35.8 Å². The summed E-state index contributed by atoms with van der Waals surface area (Å²) in [7, 11) is 1.60. The quantitative estimate of drug-likeness (QED) is 0.0991. The molecule has 12 atom stereocenters. The number of aliphatic hydroxyl groups excluding tert-OH is 3. The summed E-state index contributed by atoms with van der Waals surface area (Å²) in [5, 5.41) is 53.2. The van der Waals surface area contributed by atoms with E-state index in [0.29, 0.717) is 18.1 Å². The van der Waals surface area contributed by atoms with E-state index in [-0.39, 0.29) is 44.6 Å². The molecule has 0 radical (unpaired) electrons. The molecule has 2 aliphatic heterocycles. The fraction of sp³-hybridized carbons (Fsp3) is 0.893. The zero-order chi connectivity index (χ0) is 31.5. The maximum Gasteiger partial charge on any atom is 0.249 e. The average Bonchev–Trinajstić information content (AvgIpc) is 2.94. The molecular formula is C28H53N7O8. The lowest BCUT2D eigenvalue weighted by Gasteiger charge is -2.51. The average molecular weight is 616 g/mol. The Morgan fingerprint density at radius 1 is 1.19 bits per heavy atom. The first kappa shape index (κ1) is 34.4. The summed E-state index contributed by atoms with van der Waals surface area (Å²) in [5.74, 6) is -0.287. The lowest BCUT2D eigenvalue weighted by molar-refractivity contribution is -0.297. The minimum absolute atomic E-state index is 0.0497. The molecule has 15 N–H and O–H groups in total. The number of hydrogen-bond acceptors (Lipinski definition) is 14. The van der Waals surface area contributed by atoms with Crippen LogP contribution in [0.4, 0.5) is 0 Å². The van der Waals surface area contributed by atoms with Crippen LogP contribution in [0.3, 0.4) is 0 Å². The number of hydrogen-bond donors (Lipinski definition) is 11. The van der Waals surface area contributed by atoms with Crippen molar-refractivity contribution in [3.63, 3.8) is 0 Å². The second kappa shape index (κ2) is 14.7. The zero-order valence-corrected chi connectivity index (χ0v) is 25.2. The van der Waals surface area contributed by atoms with E-state index in [0.717, 1.165) is 19.4 Å². The fourth-order valence-corrected chi connectivity index (χ4v) is 6.98. The Morgan fingerprint density at radius 3 is 2.53 bits per heavy atom. The normalized spacial score (nSPS) is 44.1. The number of nitrogens with two attached hydrogens (primary N) is 4. The molecule has 0 spiro atoms. The Morgan fingerprint density at radius 2 is 1.91 bits per heavy atom. The van der Waals surface area contributed by atoms with E-state index in [1.807, 2.05) is 6.08 Å². The molecule has 4 aliphatic rings. The zero-order valence-electron chi connectivity index (χ0n) is 25.2. The van der Waals surface area contributed by atoms with Crippen molar-refractivity contribution in [2.75, 3.05) is 33.3 Å². The number of likely N-dealkylation sites (N-methyl/N-ethyl adjacent to an activating group) is 1. The van der Waals surface area contributed by atoms with Crippen molar-refractivity contribution >= 4 is 5.91 Å². The van der Waals surface area contributed by atoms with Gasteiger partial charge in [0.15, 0.2) is 6.29 Å². The van der Waals surface area contributed by atoms with Crippen LogP contribution in [-0.2, 0) is 19.0 Å². The van der Waals surface area contributed by atoms with E-state index in [4.69, 9.17) is 37.1 Å². The van der Waals surface area contributed by atoms with Gasteiger partial charge in [-0.05, 0) is 71.2 Å². The molecule has 0 aromatic carbocycles. The van der Waals surface area contributed by atoms with Crippen LogP contribution in [0.15, 0.2) is 11.8 Å². The molecule has 2 aliphatic carbocycles. The standard InChI is InChI=1S/C28H53N7O8/c1-28(40)12-41-27(22(38)25(28)33-2)43-24-18(35-26(39)19(36)5-6-29)9-16(32)20(21(24)37)23-17(4-3-15(10-30)42-23)34-11-13-7-14(31)8-13/h3,13-14,16-25,27,33-34,36-38,40H,4-12,29-32H2,1-2H3,(H,35,39)/t13?,14?,16-,17+,18+,19-,20?,21-,22+,23-,24-,25+,27+,28-/m0/s1. The highest BCUT2D eigenvalue weighted by molar-refractivity contribution is 5.80. The number of amides is 1. The molecule has 248 valence electrons. The van der Waals surface area contributed by atoms with Gasteiger partial charge in [-0.25, -0.2) is 0 Å². The van der Waals surface area contributed by atoms with Crippen LogP contribution in [0.25, 0.3) is 0 Å². The lowest BCUT2D eigenvalue weighted by Crippen LogP contribution is -2.69. The minimum atomic E-state index is -1.38. The number of rotatable bonds is 12. The maximum atomic E-state index is 12.8. The summed E-state index contributed by atoms with van der Waals surface area (Å²) in [6.07, 6.45) is -2.21. The molecule has 4 rings (SSSR count). The summed E-state index contributed by atoms with van der Waals surface area (Å²) >= 11 is 0. The van der Waals surface area contributed by atoms with E-state index in [9.17, 15) is 25.2 Å². The lowest BCUT2D eigenvalue weighted by atomic mass is 9.72. The second-order valence-electron chi connectivity index (χ2n) is 12.9. The van der Waals surface area contributed by atoms with Gasteiger partial charge in [-0.15, -0.1) is 0 Å². The molecule has 1 saturated heterocycles. The van der Waals surface area contributed by atoms with Gasteiger partial charge in [0.25, 0.3) is 0 Å². The predicted molar refractivity (Wildman–Crippen MR) is 157 cm³/mol. The molecule has 0 aromatic rings. The second-order valence-corrected chi connectivity index (χ2v) is 12.9. The molecule has 15 nitrogen and oxygen atoms in total. The number of carbonyl (C=O) groups is 1. The van der Waals surface area contributed by atoms with Crippen LogP contribution in [0.5, 0.6) is 0 Å². The summed E-state index contributed by atoms with van der Waals surface area (Å²) < 4.78 is 18.3. The van der Waals surface area contributed by atoms with Crippen LogP contribution in [0.2, 0.25) is 0 Å². The Labute approximate surface area is 253 Å². The molecule has 2 saturated carbocycles. The fourth-order valence-electron chi connectivity index (χ4n) is 6.98. The number of carbonyl (C=O) groups excluding carboxylic acids is 1. The molecule has 15 heteroatoms. The largest absolute Gasteiger partial charge is 0.492 e. The SMILES string of the molecule is CN[C@@H]1[C@@H](O)[C@@H](O[C@H]2[C@H](NC(=O)[C@@H](O)CCN)C[C@H](N)C([C@H]3OC(CN)=CC[C@H]3NCC3CC(N)C3)[C@@H]2O)OC[C@]1(C)O. The maximum absolute atomic E-state index is 12.8. The van der Waals surface area contributed by atoms with Crippen molar-refractivity contribution in [2.24, 2.45) is 34.8 Å². The number of aliphatic hydroxyl groups is 4. The van der Waals surface area contributed by atoms with Crippen molar-refractivity contribution in [1.82, 2.24) is 16.0 Å². The molecule has 3 fully saturated rings. The van der Waals surface area contributed by atoms with Gasteiger partial charge in [0.2, 0.25) is 5.91 Å². The third-order valence-corrected chi connectivity index (χ3v) is 9.46. The van der Waals surface area contributed by atoms with Gasteiger partial charge in [-0.2, -0.15) is 0 Å². The topological polar surface area (TPSA) is 266 Å². The van der Waals surface area contributed by atoms with Gasteiger partial charge in [-0.3, -0.25) is 4.79 Å². The van der Waals surface area contributed by atoms with E-state index in [1.54, 1.807) is 7.05 Å². The highest BCUT2D eigenvalue weighted by Gasteiger charge is 2.54. The van der Waals surface area contributed by atoms with Crippen LogP contribution in [-0.4, -0.2) is 132 Å². The van der Waals surface area contributed by atoms with Crippen molar-refractivity contribution in [1.29, 1.82) is 0 Å². The number of ether oxygens (including phenoxy) is 3. The highest BCUT2D eigenvalue weighted by atomic mass is 16.7. The Hall–Kier alpha value is -1.47. The molecule has 1 unspecified atom stereocenters. The first-order chi connectivity index (χ1) is 20.4. The summed E-state index contributed by atoms with van der Waals surface area (Å²) in [6.45, 7) is 2.42. The minimum Gasteiger partial charge on any atom is -0.492 e. The van der Waals surface area contributed by atoms with E-state index in [2.05, 4.69) is 16.0 Å². The Bertz CT molecular complexity index is 954. The molecule has 43 heavy (non-hydrogen) atoms. The molecule has 1 amide bonds. The Kier molecular flexibility index (Phi) is 11.8. The Balaban J connectivity index is 1.58. The van der Waals surface area contributed by atoms with Crippen LogP contribution < -0.4 is 38.9 Å². The number of nitrogens with one attached hydrogen (secondary N) is 3. The van der Waals surface area contributed by atoms with E-state index < -0.39 is 72.4 Å². The molecule has 0 aromatic heterocycles. The predicted octanol–water partition coefficient (Wildman–Crippen LogP) is -4.34. The van der Waals surface area contributed by atoms with Crippen molar-refractivity contribution < 1.29 is 39.4 Å². The highest BCUT2D eigenvalue weighted by Crippen LogP contribution is 2.37. The smallest absolute Gasteiger partial charge is 0.249 e. The third-order valence-electron chi connectivity index (χ3n) is 9.46. The first-order valence-electron chi connectivity index (χ1n) is 15.4. The van der Waals surface area contributed by atoms with Gasteiger partial charge < -0.3 is 73.5 Å². The van der Waals surface area contributed by atoms with Crippen LogP contribution >= 0.6 is 0 Å². The summed E-state index contributed by atoms with van der Waals surface area (Å²) in [4.78, 5) is 12.8. The van der Waals surface area contributed by atoms with Crippen molar-refractivity contribution in [2.45, 2.75) is 112 Å². The summed E-state index contributed by atoms with van der Waals surface area (Å²) in [5.41, 5.74) is 22.8. The van der Waals surface area contributed by atoms with E-state index >= 15 is 0 Å². The molecule has 0 bridgehead atoms.